The smallest absolute Gasteiger partial charge is 0.255 e. The highest BCUT2D eigenvalue weighted by Crippen LogP contribution is 2.25. The van der Waals surface area contributed by atoms with Crippen LogP contribution in [0.1, 0.15) is 28.2 Å². The molecule has 0 radical (unpaired) electrons. The summed E-state index contributed by atoms with van der Waals surface area (Å²) in [4.78, 5) is 14.4. The summed E-state index contributed by atoms with van der Waals surface area (Å²) in [6.07, 6.45) is 0.493. The predicted octanol–water partition coefficient (Wildman–Crippen LogP) is 2.73. The monoisotopic (exact) mass is 459 g/mol. The van der Waals surface area contributed by atoms with E-state index >= 15 is 0 Å². The van der Waals surface area contributed by atoms with Gasteiger partial charge >= 0.3 is 0 Å². The number of nitrogens with zero attached hydrogens (tertiary/aromatic N) is 3. The molecule has 0 N–H and O–H groups in total. The standard InChI is InChI=1S/C17H19BrFN3O4S/c1-11-16(12(2)26-20-11)27(24,25)22-7-3-6-21(8-9-22)17(23)14-5-4-13(19)10-15(14)18/h4-5,10H,3,6-9H2,1-2H3. The first-order valence-electron chi connectivity index (χ1n) is 8.39. The molecule has 0 unspecified atom stereocenters. The number of aromatic nitrogens is 1. The highest BCUT2D eigenvalue weighted by atomic mass is 79.9. The van der Waals surface area contributed by atoms with Crippen LogP contribution in [0.2, 0.25) is 0 Å². The molecule has 27 heavy (non-hydrogen) atoms. The van der Waals surface area contributed by atoms with Crippen molar-refractivity contribution in [1.29, 1.82) is 0 Å². The van der Waals surface area contributed by atoms with Crippen molar-refractivity contribution in [2.45, 2.75) is 25.2 Å². The van der Waals surface area contributed by atoms with Crippen molar-refractivity contribution >= 4 is 31.9 Å². The van der Waals surface area contributed by atoms with Crippen molar-refractivity contribution in [1.82, 2.24) is 14.4 Å². The average molecular weight is 460 g/mol. The van der Waals surface area contributed by atoms with Gasteiger partial charge in [0.1, 0.15) is 16.4 Å². The van der Waals surface area contributed by atoms with Crippen molar-refractivity contribution in [2.75, 3.05) is 26.2 Å². The molecule has 10 heteroatoms. The van der Waals surface area contributed by atoms with Crippen LogP contribution in [0.15, 0.2) is 32.1 Å². The van der Waals surface area contributed by atoms with Gasteiger partial charge in [0.05, 0.1) is 5.56 Å². The number of sulfonamides is 1. The molecule has 1 aromatic carbocycles. The highest BCUT2D eigenvalue weighted by Gasteiger charge is 2.33. The molecule has 1 amide bonds. The first-order chi connectivity index (χ1) is 12.7. The first-order valence-corrected chi connectivity index (χ1v) is 10.6. The molecule has 146 valence electrons. The summed E-state index contributed by atoms with van der Waals surface area (Å²) in [6, 6.07) is 3.88. The molecule has 3 rings (SSSR count). The fourth-order valence-corrected chi connectivity index (χ4v) is 5.42. The maximum atomic E-state index is 13.3. The molecule has 0 saturated carbocycles. The Bertz CT molecular complexity index is 957. The molecule has 7 nitrogen and oxygen atoms in total. The summed E-state index contributed by atoms with van der Waals surface area (Å²) in [7, 11) is -3.75. The largest absolute Gasteiger partial charge is 0.360 e. The lowest BCUT2D eigenvalue weighted by Gasteiger charge is -2.22. The molecule has 1 aliphatic heterocycles. The molecular formula is C17H19BrFN3O4S. The molecule has 2 heterocycles. The summed E-state index contributed by atoms with van der Waals surface area (Å²) in [5.74, 6) is -0.454. The summed E-state index contributed by atoms with van der Waals surface area (Å²) in [5.41, 5.74) is 0.665. The number of halogens is 2. The summed E-state index contributed by atoms with van der Waals surface area (Å²) >= 11 is 3.21. The van der Waals surface area contributed by atoms with Crippen LogP contribution in [0, 0.1) is 19.7 Å². The van der Waals surface area contributed by atoms with E-state index in [0.29, 0.717) is 35.2 Å². The Hall–Kier alpha value is -1.78. The van der Waals surface area contributed by atoms with Gasteiger partial charge in [-0.15, -0.1) is 0 Å². The Morgan fingerprint density at radius 3 is 2.59 bits per heavy atom. The van der Waals surface area contributed by atoms with E-state index in [2.05, 4.69) is 21.1 Å². The number of rotatable bonds is 3. The summed E-state index contributed by atoms with van der Waals surface area (Å²) in [6.45, 7) is 4.26. The fraction of sp³-hybridized carbons (Fsp3) is 0.412. The lowest BCUT2D eigenvalue weighted by molar-refractivity contribution is 0.0763. The van der Waals surface area contributed by atoms with Crippen molar-refractivity contribution in [2.24, 2.45) is 0 Å². The maximum Gasteiger partial charge on any atom is 0.255 e. The number of hydrogen-bond donors (Lipinski definition) is 0. The molecular weight excluding hydrogens is 441 g/mol. The molecule has 1 fully saturated rings. The van der Waals surface area contributed by atoms with Gasteiger partial charge in [-0.25, -0.2) is 12.8 Å². The van der Waals surface area contributed by atoms with Crippen LogP contribution < -0.4 is 0 Å². The van der Waals surface area contributed by atoms with Gasteiger partial charge in [-0.1, -0.05) is 5.16 Å². The Morgan fingerprint density at radius 2 is 1.96 bits per heavy atom. The van der Waals surface area contributed by atoms with Crippen LogP contribution in [0.4, 0.5) is 4.39 Å². The zero-order chi connectivity index (χ0) is 19.8. The quantitative estimate of drug-likeness (QED) is 0.704. The number of carbonyl (C=O) groups is 1. The van der Waals surface area contributed by atoms with E-state index in [1.807, 2.05) is 0 Å². The average Bonchev–Trinajstić information content (AvgIpc) is 2.81. The normalized spacial score (nSPS) is 16.4. The SMILES string of the molecule is Cc1noc(C)c1S(=O)(=O)N1CCCN(C(=O)c2ccc(F)cc2Br)CC1. The van der Waals surface area contributed by atoms with Crippen molar-refractivity contribution in [3.05, 3.63) is 45.5 Å². The predicted molar refractivity (Wildman–Crippen MR) is 99.4 cm³/mol. The van der Waals surface area contributed by atoms with Crippen LogP contribution >= 0.6 is 15.9 Å². The Balaban J connectivity index is 1.78. The van der Waals surface area contributed by atoms with Crippen molar-refractivity contribution in [3.63, 3.8) is 0 Å². The third-order valence-corrected chi connectivity index (χ3v) is 7.27. The Kier molecular flexibility index (Phi) is 5.68. The Morgan fingerprint density at radius 1 is 1.22 bits per heavy atom. The lowest BCUT2D eigenvalue weighted by atomic mass is 10.2. The van der Waals surface area contributed by atoms with E-state index in [1.165, 1.54) is 22.5 Å². The van der Waals surface area contributed by atoms with E-state index in [1.54, 1.807) is 18.7 Å². The molecule has 1 saturated heterocycles. The minimum absolute atomic E-state index is 0.0866. The van der Waals surface area contributed by atoms with Crippen LogP contribution in [-0.4, -0.2) is 54.9 Å². The molecule has 1 aromatic heterocycles. The number of amides is 1. The minimum atomic E-state index is -3.75. The van der Waals surface area contributed by atoms with Gasteiger partial charge in [0, 0.05) is 30.7 Å². The second kappa shape index (κ2) is 7.69. The maximum absolute atomic E-state index is 13.3. The summed E-state index contributed by atoms with van der Waals surface area (Å²) in [5, 5.41) is 3.72. The molecule has 0 atom stereocenters. The van der Waals surface area contributed by atoms with E-state index in [0.717, 1.165) is 0 Å². The van der Waals surface area contributed by atoms with Crippen LogP contribution in [-0.2, 0) is 10.0 Å². The van der Waals surface area contributed by atoms with Crippen molar-refractivity contribution in [3.8, 4) is 0 Å². The third kappa shape index (κ3) is 3.92. The molecule has 0 bridgehead atoms. The number of hydrogen-bond acceptors (Lipinski definition) is 5. The number of carbonyl (C=O) groups excluding carboxylic acids is 1. The third-order valence-electron chi connectivity index (χ3n) is 4.47. The number of benzene rings is 1. The van der Waals surface area contributed by atoms with Gasteiger partial charge in [-0.05, 0) is 54.4 Å². The number of aryl methyl sites for hydroxylation is 2. The zero-order valence-corrected chi connectivity index (χ0v) is 17.3. The van der Waals surface area contributed by atoms with Crippen LogP contribution in [0.3, 0.4) is 0 Å². The minimum Gasteiger partial charge on any atom is -0.360 e. The van der Waals surface area contributed by atoms with E-state index in [9.17, 15) is 17.6 Å². The first kappa shape index (κ1) is 20.0. The second-order valence-electron chi connectivity index (χ2n) is 6.33. The fourth-order valence-electron chi connectivity index (χ4n) is 3.14. The highest BCUT2D eigenvalue weighted by molar-refractivity contribution is 9.10. The van der Waals surface area contributed by atoms with Gasteiger partial charge in [-0.3, -0.25) is 4.79 Å². The van der Waals surface area contributed by atoms with Gasteiger partial charge in [0.2, 0.25) is 10.0 Å². The van der Waals surface area contributed by atoms with Gasteiger partial charge < -0.3 is 9.42 Å². The summed E-state index contributed by atoms with van der Waals surface area (Å²) < 4.78 is 45.9. The van der Waals surface area contributed by atoms with Gasteiger partial charge in [0.15, 0.2) is 5.76 Å². The van der Waals surface area contributed by atoms with E-state index in [-0.39, 0.29) is 29.7 Å². The van der Waals surface area contributed by atoms with Crippen LogP contribution in [0.25, 0.3) is 0 Å². The van der Waals surface area contributed by atoms with Gasteiger partial charge in [-0.2, -0.15) is 4.31 Å². The van der Waals surface area contributed by atoms with E-state index in [4.69, 9.17) is 4.52 Å². The molecule has 0 spiro atoms. The molecule has 0 aliphatic carbocycles. The zero-order valence-electron chi connectivity index (χ0n) is 14.9. The molecule has 1 aliphatic rings. The van der Waals surface area contributed by atoms with E-state index < -0.39 is 15.8 Å². The Labute approximate surface area is 165 Å². The topological polar surface area (TPSA) is 83.7 Å². The second-order valence-corrected chi connectivity index (χ2v) is 9.06. The molecule has 2 aromatic rings. The van der Waals surface area contributed by atoms with Crippen LogP contribution in [0.5, 0.6) is 0 Å². The van der Waals surface area contributed by atoms with Gasteiger partial charge in [0.25, 0.3) is 5.91 Å². The lowest BCUT2D eigenvalue weighted by Crippen LogP contribution is -2.37. The van der Waals surface area contributed by atoms with Crippen molar-refractivity contribution < 1.29 is 22.1 Å².